The largest absolute Gasteiger partial charge is 0.481 e. The highest BCUT2D eigenvalue weighted by Crippen LogP contribution is 2.52. The van der Waals surface area contributed by atoms with Crippen molar-refractivity contribution in [3.63, 3.8) is 0 Å². The lowest BCUT2D eigenvalue weighted by molar-refractivity contribution is -0.148. The summed E-state index contributed by atoms with van der Waals surface area (Å²) in [7, 11) is 0. The van der Waals surface area contributed by atoms with E-state index in [9.17, 15) is 19.5 Å². The molecule has 0 aliphatic heterocycles. The highest BCUT2D eigenvalue weighted by atomic mass is 16.4. The van der Waals surface area contributed by atoms with E-state index in [1.54, 1.807) is 23.0 Å². The molecule has 2 heterocycles. The molecule has 29 heavy (non-hydrogen) atoms. The zero-order valence-electron chi connectivity index (χ0n) is 16.1. The monoisotopic (exact) mass is 400 g/mol. The van der Waals surface area contributed by atoms with Crippen LogP contribution in [0.3, 0.4) is 0 Å². The first-order valence-electron chi connectivity index (χ1n) is 9.89. The van der Waals surface area contributed by atoms with Crippen LogP contribution in [0, 0.1) is 23.7 Å². The van der Waals surface area contributed by atoms with Crippen LogP contribution in [-0.4, -0.2) is 32.7 Å². The summed E-state index contributed by atoms with van der Waals surface area (Å²) in [4.78, 5) is 37.3. The van der Waals surface area contributed by atoms with Gasteiger partial charge in [-0.25, -0.2) is 0 Å². The molecule has 2 aliphatic carbocycles. The predicted molar refractivity (Wildman–Crippen MR) is 102 cm³/mol. The average molecular weight is 400 g/mol. The average Bonchev–Trinajstić information content (AvgIpc) is 3.49. The third kappa shape index (κ3) is 3.64. The fourth-order valence-electron chi connectivity index (χ4n) is 4.75. The first-order chi connectivity index (χ1) is 14.0. The van der Waals surface area contributed by atoms with E-state index in [-0.39, 0.29) is 30.0 Å². The van der Waals surface area contributed by atoms with Crippen LogP contribution < -0.4 is 10.6 Å². The number of carbonyl (C=O) groups excluding carboxylic acids is 2. The van der Waals surface area contributed by atoms with Gasteiger partial charge in [0.1, 0.15) is 5.76 Å². The van der Waals surface area contributed by atoms with E-state index in [0.29, 0.717) is 18.0 Å². The Hall–Kier alpha value is -3.10. The van der Waals surface area contributed by atoms with Crippen LogP contribution in [0.25, 0.3) is 0 Å². The Kier molecular flexibility index (Phi) is 5.12. The number of carboxylic acids is 1. The maximum absolute atomic E-state index is 13.0. The van der Waals surface area contributed by atoms with E-state index < -0.39 is 23.7 Å². The van der Waals surface area contributed by atoms with Crippen molar-refractivity contribution in [1.82, 2.24) is 15.1 Å². The Bertz CT molecular complexity index is 919. The van der Waals surface area contributed by atoms with E-state index in [2.05, 4.69) is 15.7 Å². The number of aromatic nitrogens is 2. The molecule has 4 atom stereocenters. The molecule has 2 fully saturated rings. The lowest BCUT2D eigenvalue weighted by Gasteiger charge is -2.26. The number of hydrogen-bond donors (Lipinski definition) is 3. The molecule has 154 valence electrons. The molecular weight excluding hydrogens is 376 g/mol. The summed E-state index contributed by atoms with van der Waals surface area (Å²) in [5.41, 5.74) is 0.391. The maximum Gasteiger partial charge on any atom is 0.307 e. The predicted octanol–water partition coefficient (Wildman–Crippen LogP) is 2.11. The summed E-state index contributed by atoms with van der Waals surface area (Å²) in [6.07, 6.45) is 5.63. The normalized spacial score (nSPS) is 25.1. The number of nitrogens with one attached hydrogen (secondary N) is 2. The van der Waals surface area contributed by atoms with Gasteiger partial charge in [-0.05, 0) is 50.2 Å². The first kappa shape index (κ1) is 19.2. The number of rotatable bonds is 7. The molecule has 2 saturated carbocycles. The highest BCUT2D eigenvalue weighted by Gasteiger charge is 2.54. The van der Waals surface area contributed by atoms with Gasteiger partial charge in [0.25, 0.3) is 5.91 Å². The second kappa shape index (κ2) is 7.73. The Labute approximate surface area is 167 Å². The molecule has 2 aromatic heterocycles. The number of hydrogen-bond acceptors (Lipinski definition) is 5. The van der Waals surface area contributed by atoms with Crippen molar-refractivity contribution in [2.75, 3.05) is 5.32 Å². The van der Waals surface area contributed by atoms with Crippen molar-refractivity contribution >= 4 is 23.5 Å². The summed E-state index contributed by atoms with van der Waals surface area (Å²) < 4.78 is 6.77. The van der Waals surface area contributed by atoms with Gasteiger partial charge in [-0.15, -0.1) is 0 Å². The zero-order chi connectivity index (χ0) is 20.5. The zero-order valence-corrected chi connectivity index (χ0v) is 16.1. The number of aliphatic carboxylic acids is 1. The summed E-state index contributed by atoms with van der Waals surface area (Å²) in [5, 5.41) is 19.4. The molecule has 9 nitrogen and oxygen atoms in total. The number of furan rings is 1. The van der Waals surface area contributed by atoms with Gasteiger partial charge in [0.2, 0.25) is 5.91 Å². The van der Waals surface area contributed by atoms with Gasteiger partial charge in [-0.1, -0.05) is 0 Å². The molecule has 0 spiro atoms. The van der Waals surface area contributed by atoms with E-state index in [1.807, 2.05) is 6.92 Å². The summed E-state index contributed by atoms with van der Waals surface area (Å²) in [6.45, 7) is 2.60. The molecule has 2 bridgehead atoms. The molecule has 2 aliphatic rings. The SMILES string of the molecule is CCn1cc(NC(=O)[C@@H]2[C@H]3CC[C@@H](C3)[C@H]2C(=O)O)c(C(=O)NCc2ccco2)n1. The summed E-state index contributed by atoms with van der Waals surface area (Å²) in [6, 6.07) is 3.47. The van der Waals surface area contributed by atoms with Crippen LogP contribution >= 0.6 is 0 Å². The minimum absolute atomic E-state index is 0.0580. The Morgan fingerprint density at radius 2 is 2.03 bits per heavy atom. The Balaban J connectivity index is 1.50. The first-order valence-corrected chi connectivity index (χ1v) is 9.89. The molecule has 9 heteroatoms. The van der Waals surface area contributed by atoms with Crippen LogP contribution in [0.1, 0.15) is 42.4 Å². The third-order valence-electron chi connectivity index (χ3n) is 6.07. The van der Waals surface area contributed by atoms with Crippen LogP contribution in [0.5, 0.6) is 0 Å². The van der Waals surface area contributed by atoms with Gasteiger partial charge < -0.3 is 20.2 Å². The minimum atomic E-state index is -0.919. The molecule has 0 saturated heterocycles. The van der Waals surface area contributed by atoms with Crippen molar-refractivity contribution in [3.05, 3.63) is 36.0 Å². The quantitative estimate of drug-likeness (QED) is 0.653. The topological polar surface area (TPSA) is 126 Å². The fourth-order valence-corrected chi connectivity index (χ4v) is 4.75. The van der Waals surface area contributed by atoms with Crippen molar-refractivity contribution in [3.8, 4) is 0 Å². The lowest BCUT2D eigenvalue weighted by Crippen LogP contribution is -2.38. The smallest absolute Gasteiger partial charge is 0.307 e. The molecule has 2 aromatic rings. The van der Waals surface area contributed by atoms with Crippen molar-refractivity contribution in [2.45, 2.75) is 39.3 Å². The fraction of sp³-hybridized carbons (Fsp3) is 0.500. The van der Waals surface area contributed by atoms with E-state index in [4.69, 9.17) is 4.42 Å². The van der Waals surface area contributed by atoms with Gasteiger partial charge in [0.05, 0.1) is 30.3 Å². The maximum atomic E-state index is 13.0. The second-order valence-electron chi connectivity index (χ2n) is 7.72. The van der Waals surface area contributed by atoms with Crippen LogP contribution in [0.4, 0.5) is 5.69 Å². The van der Waals surface area contributed by atoms with Gasteiger partial charge >= 0.3 is 5.97 Å². The van der Waals surface area contributed by atoms with Gasteiger partial charge in [-0.3, -0.25) is 19.1 Å². The molecule has 3 N–H and O–H groups in total. The van der Waals surface area contributed by atoms with Gasteiger partial charge in [0, 0.05) is 12.7 Å². The molecule has 2 amide bonds. The Morgan fingerprint density at radius 3 is 2.69 bits per heavy atom. The van der Waals surface area contributed by atoms with Crippen molar-refractivity contribution in [1.29, 1.82) is 0 Å². The molecule has 4 rings (SSSR count). The van der Waals surface area contributed by atoms with E-state index in [0.717, 1.165) is 19.3 Å². The van der Waals surface area contributed by atoms with Gasteiger partial charge in [0.15, 0.2) is 5.69 Å². The van der Waals surface area contributed by atoms with Crippen molar-refractivity contribution < 1.29 is 23.9 Å². The Morgan fingerprint density at radius 1 is 1.28 bits per heavy atom. The van der Waals surface area contributed by atoms with Crippen LogP contribution in [-0.2, 0) is 22.7 Å². The molecule has 0 unspecified atom stereocenters. The van der Waals surface area contributed by atoms with Crippen LogP contribution in [0.15, 0.2) is 29.0 Å². The number of nitrogens with zero attached hydrogens (tertiary/aromatic N) is 2. The summed E-state index contributed by atoms with van der Waals surface area (Å²) >= 11 is 0. The number of carbonyl (C=O) groups is 3. The number of fused-ring (bicyclic) bond motifs is 2. The lowest BCUT2D eigenvalue weighted by atomic mass is 9.78. The molecule has 0 radical (unpaired) electrons. The molecule has 0 aromatic carbocycles. The van der Waals surface area contributed by atoms with Crippen LogP contribution in [0.2, 0.25) is 0 Å². The van der Waals surface area contributed by atoms with Gasteiger partial charge in [-0.2, -0.15) is 5.10 Å². The number of amides is 2. The second-order valence-corrected chi connectivity index (χ2v) is 7.72. The number of carboxylic acid groups (broad SMARTS) is 1. The highest BCUT2D eigenvalue weighted by molar-refractivity contribution is 6.03. The number of anilines is 1. The summed E-state index contributed by atoms with van der Waals surface area (Å²) in [5.74, 6) is -2.20. The molecular formula is C20H24N4O5. The van der Waals surface area contributed by atoms with E-state index in [1.165, 1.54) is 6.26 Å². The number of aryl methyl sites for hydroxylation is 1. The minimum Gasteiger partial charge on any atom is -0.481 e. The standard InChI is InChI=1S/C20H24N4O5/c1-2-24-10-14(17(23-24)19(26)21-9-13-4-3-7-29-13)22-18(25)15-11-5-6-12(8-11)16(15)20(27)28/h3-4,7,10-12,15-16H,2,5-6,8-9H2,1H3,(H,21,26)(H,22,25)(H,27,28)/t11-,12-,15+,16+/m0/s1. The third-order valence-corrected chi connectivity index (χ3v) is 6.07. The van der Waals surface area contributed by atoms with Crippen molar-refractivity contribution in [2.24, 2.45) is 23.7 Å². The van der Waals surface area contributed by atoms with E-state index >= 15 is 0 Å².